The Morgan fingerprint density at radius 2 is 2.00 bits per heavy atom. The van der Waals surface area contributed by atoms with Crippen LogP contribution in [-0.4, -0.2) is 52.2 Å². The largest absolute Gasteiger partial charge is 0.496 e. The van der Waals surface area contributed by atoms with E-state index in [0.717, 1.165) is 55.3 Å². The van der Waals surface area contributed by atoms with Gasteiger partial charge in [-0.25, -0.2) is 15.0 Å². The number of para-hydroxylation sites is 1. The highest BCUT2D eigenvalue weighted by molar-refractivity contribution is 5.79. The number of imidazole rings is 1. The van der Waals surface area contributed by atoms with Gasteiger partial charge in [0.15, 0.2) is 0 Å². The second-order valence-corrected chi connectivity index (χ2v) is 7.32. The maximum Gasteiger partial charge on any atom is 0.223 e. The first-order valence-electron chi connectivity index (χ1n) is 10.2. The Labute approximate surface area is 175 Å². The van der Waals surface area contributed by atoms with Crippen molar-refractivity contribution in [1.82, 2.24) is 24.8 Å². The molecule has 1 N–H and O–H groups in total. The van der Waals surface area contributed by atoms with E-state index in [9.17, 15) is 4.79 Å². The summed E-state index contributed by atoms with van der Waals surface area (Å²) < 4.78 is 7.23. The van der Waals surface area contributed by atoms with Crippen LogP contribution in [0.4, 0.5) is 5.82 Å². The number of nitrogens with zero attached hydrogens (tertiary/aromatic N) is 5. The van der Waals surface area contributed by atoms with Crippen LogP contribution < -0.4 is 15.0 Å². The van der Waals surface area contributed by atoms with Crippen LogP contribution in [0.2, 0.25) is 0 Å². The molecule has 0 aliphatic carbocycles. The van der Waals surface area contributed by atoms with Gasteiger partial charge in [0.05, 0.1) is 7.11 Å². The number of nitrogens with one attached hydrogen (secondary N) is 1. The van der Waals surface area contributed by atoms with Gasteiger partial charge in [0, 0.05) is 44.0 Å². The van der Waals surface area contributed by atoms with Crippen LogP contribution in [-0.2, 0) is 11.2 Å². The van der Waals surface area contributed by atoms with Crippen molar-refractivity contribution in [3.63, 3.8) is 0 Å². The van der Waals surface area contributed by atoms with Crippen molar-refractivity contribution in [1.29, 1.82) is 0 Å². The first kappa shape index (κ1) is 19.9. The fourth-order valence-corrected chi connectivity index (χ4v) is 3.79. The van der Waals surface area contributed by atoms with Crippen LogP contribution in [0, 0.1) is 5.92 Å². The highest BCUT2D eigenvalue weighted by Crippen LogP contribution is 2.23. The van der Waals surface area contributed by atoms with E-state index in [4.69, 9.17) is 4.74 Å². The van der Waals surface area contributed by atoms with Crippen molar-refractivity contribution in [2.45, 2.75) is 19.3 Å². The molecule has 1 amide bonds. The number of piperidine rings is 1. The summed E-state index contributed by atoms with van der Waals surface area (Å²) >= 11 is 0. The van der Waals surface area contributed by atoms with Gasteiger partial charge in [-0.1, -0.05) is 18.2 Å². The minimum atomic E-state index is 0.0360. The van der Waals surface area contributed by atoms with Crippen molar-refractivity contribution in [3.05, 3.63) is 60.9 Å². The lowest BCUT2D eigenvalue weighted by molar-refractivity contribution is -0.125. The second kappa shape index (κ2) is 9.39. The number of anilines is 1. The molecule has 1 aliphatic heterocycles. The predicted molar refractivity (Wildman–Crippen MR) is 114 cm³/mol. The van der Waals surface area contributed by atoms with Gasteiger partial charge in [-0.15, -0.1) is 0 Å². The molecule has 0 spiro atoms. The van der Waals surface area contributed by atoms with Crippen LogP contribution >= 0.6 is 0 Å². The molecule has 4 rings (SSSR count). The average Bonchev–Trinajstić information content (AvgIpc) is 3.35. The third kappa shape index (κ3) is 4.59. The lowest BCUT2D eigenvalue weighted by Crippen LogP contribution is -2.41. The summed E-state index contributed by atoms with van der Waals surface area (Å²) in [6, 6.07) is 9.86. The first-order valence-corrected chi connectivity index (χ1v) is 10.2. The molecule has 0 atom stereocenters. The van der Waals surface area contributed by atoms with E-state index in [1.807, 2.05) is 41.1 Å². The molecule has 1 fully saturated rings. The molecular weight excluding hydrogens is 380 g/mol. The minimum Gasteiger partial charge on any atom is -0.496 e. The van der Waals surface area contributed by atoms with Crippen molar-refractivity contribution in [2.24, 2.45) is 5.92 Å². The number of carbonyl (C=O) groups excluding carboxylic acids is 1. The van der Waals surface area contributed by atoms with E-state index < -0.39 is 0 Å². The van der Waals surface area contributed by atoms with Gasteiger partial charge in [0.2, 0.25) is 5.91 Å². The number of benzene rings is 1. The van der Waals surface area contributed by atoms with Gasteiger partial charge in [0.1, 0.15) is 30.0 Å². The third-order valence-corrected chi connectivity index (χ3v) is 5.48. The predicted octanol–water partition coefficient (Wildman–Crippen LogP) is 2.25. The van der Waals surface area contributed by atoms with Crippen molar-refractivity contribution in [3.8, 4) is 11.6 Å². The number of hydrogen-bond donors (Lipinski definition) is 1. The summed E-state index contributed by atoms with van der Waals surface area (Å²) in [7, 11) is 1.67. The Bertz CT molecular complexity index is 967. The SMILES string of the molecule is COc1ccccc1CCNC(=O)C1CCN(c2cc(-n3ccnc3)ncn2)CC1. The topological polar surface area (TPSA) is 85.2 Å². The molecule has 3 aromatic rings. The first-order chi connectivity index (χ1) is 14.7. The molecule has 8 nitrogen and oxygen atoms in total. The fraction of sp³-hybridized carbons (Fsp3) is 0.364. The molecule has 1 aliphatic rings. The summed E-state index contributed by atoms with van der Waals surface area (Å²) in [5, 5.41) is 3.09. The number of ether oxygens (including phenoxy) is 1. The number of carbonyl (C=O) groups is 1. The van der Waals surface area contributed by atoms with Gasteiger partial charge in [-0.05, 0) is 30.9 Å². The standard InChI is InChI=1S/C22H26N6O2/c1-30-19-5-3-2-4-17(19)6-9-24-22(29)18-7-11-27(12-8-18)20-14-21(26-15-25-20)28-13-10-23-16-28/h2-5,10,13-16,18H,6-9,11-12H2,1H3,(H,24,29). The van der Waals surface area contributed by atoms with E-state index in [1.165, 1.54) is 0 Å². The number of rotatable bonds is 7. The number of methoxy groups -OCH3 is 1. The Morgan fingerprint density at radius 3 is 2.77 bits per heavy atom. The van der Waals surface area contributed by atoms with E-state index in [0.29, 0.717) is 6.54 Å². The molecule has 3 heterocycles. The van der Waals surface area contributed by atoms with E-state index >= 15 is 0 Å². The number of aromatic nitrogens is 4. The highest BCUT2D eigenvalue weighted by atomic mass is 16.5. The van der Waals surface area contributed by atoms with Crippen LogP contribution in [0.15, 0.2) is 55.4 Å². The smallest absolute Gasteiger partial charge is 0.223 e. The van der Waals surface area contributed by atoms with Crippen molar-refractivity contribution >= 4 is 11.7 Å². The number of hydrogen-bond acceptors (Lipinski definition) is 6. The summed E-state index contributed by atoms with van der Waals surface area (Å²) in [6.07, 6.45) is 9.24. The van der Waals surface area contributed by atoms with E-state index in [-0.39, 0.29) is 11.8 Å². The van der Waals surface area contributed by atoms with Gasteiger partial charge in [-0.3, -0.25) is 9.36 Å². The molecular formula is C22H26N6O2. The maximum absolute atomic E-state index is 12.6. The molecule has 30 heavy (non-hydrogen) atoms. The second-order valence-electron chi connectivity index (χ2n) is 7.32. The lowest BCUT2D eigenvalue weighted by atomic mass is 9.96. The normalized spacial score (nSPS) is 14.5. The molecule has 1 aromatic carbocycles. The molecule has 8 heteroatoms. The monoisotopic (exact) mass is 406 g/mol. The molecule has 0 unspecified atom stereocenters. The molecule has 156 valence electrons. The zero-order chi connectivity index (χ0) is 20.8. The van der Waals surface area contributed by atoms with Crippen LogP contribution in [0.3, 0.4) is 0 Å². The van der Waals surface area contributed by atoms with Crippen LogP contribution in [0.1, 0.15) is 18.4 Å². The van der Waals surface area contributed by atoms with Crippen molar-refractivity contribution < 1.29 is 9.53 Å². The quantitative estimate of drug-likeness (QED) is 0.648. The molecule has 0 bridgehead atoms. The highest BCUT2D eigenvalue weighted by Gasteiger charge is 2.25. The Kier molecular flexibility index (Phi) is 6.22. The Hall–Kier alpha value is -3.42. The fourth-order valence-electron chi connectivity index (χ4n) is 3.79. The molecule has 0 radical (unpaired) electrons. The minimum absolute atomic E-state index is 0.0360. The van der Waals surface area contributed by atoms with Gasteiger partial charge in [-0.2, -0.15) is 0 Å². The molecule has 1 saturated heterocycles. The van der Waals surface area contributed by atoms with Crippen molar-refractivity contribution in [2.75, 3.05) is 31.6 Å². The Balaban J connectivity index is 1.27. The maximum atomic E-state index is 12.6. The zero-order valence-corrected chi connectivity index (χ0v) is 17.1. The summed E-state index contributed by atoms with van der Waals surface area (Å²) in [5.74, 6) is 2.69. The number of amides is 1. The van der Waals surface area contributed by atoms with Gasteiger partial charge < -0.3 is 15.0 Å². The zero-order valence-electron chi connectivity index (χ0n) is 17.1. The average molecular weight is 406 g/mol. The summed E-state index contributed by atoms with van der Waals surface area (Å²) in [4.78, 5) is 27.6. The third-order valence-electron chi connectivity index (χ3n) is 5.48. The Morgan fingerprint density at radius 1 is 1.20 bits per heavy atom. The van der Waals surface area contributed by atoms with E-state index in [2.05, 4.69) is 25.2 Å². The summed E-state index contributed by atoms with van der Waals surface area (Å²) in [6.45, 7) is 2.20. The molecule has 0 saturated carbocycles. The summed E-state index contributed by atoms with van der Waals surface area (Å²) in [5.41, 5.74) is 1.10. The molecule has 2 aromatic heterocycles. The lowest BCUT2D eigenvalue weighted by Gasteiger charge is -2.32. The van der Waals surface area contributed by atoms with Crippen LogP contribution in [0.25, 0.3) is 5.82 Å². The van der Waals surface area contributed by atoms with Crippen LogP contribution in [0.5, 0.6) is 5.75 Å². The van der Waals surface area contributed by atoms with Gasteiger partial charge in [0.25, 0.3) is 0 Å². The van der Waals surface area contributed by atoms with Gasteiger partial charge >= 0.3 is 0 Å². The van der Waals surface area contributed by atoms with E-state index in [1.54, 1.807) is 26.0 Å².